The molecule has 1 aliphatic rings. The maximum absolute atomic E-state index is 11.4. The van der Waals surface area contributed by atoms with E-state index in [1.165, 1.54) is 11.1 Å². The molecule has 2 N–H and O–H groups in total. The minimum atomic E-state index is -0.550. The third kappa shape index (κ3) is 3.90. The molecule has 2 atom stereocenters. The summed E-state index contributed by atoms with van der Waals surface area (Å²) >= 11 is 1.64. The molecule has 0 saturated heterocycles. The summed E-state index contributed by atoms with van der Waals surface area (Å²) in [4.78, 5) is 11.4. The minimum Gasteiger partial charge on any atom is -0.489 e. The molecule has 20 heavy (non-hydrogen) atoms. The maximum Gasteiger partial charge on any atom is 0.323 e. The first-order valence-corrected chi connectivity index (χ1v) is 8.01. The van der Waals surface area contributed by atoms with E-state index in [0.717, 1.165) is 17.9 Å². The lowest BCUT2D eigenvalue weighted by molar-refractivity contribution is -0.144. The molecular formula is C15H21NO3S. The number of carbonyl (C=O) groups is 1. The van der Waals surface area contributed by atoms with Crippen molar-refractivity contribution in [2.75, 3.05) is 18.1 Å². The van der Waals surface area contributed by atoms with E-state index in [0.29, 0.717) is 12.4 Å². The molecule has 1 aliphatic heterocycles. The number of esters is 1. The second kappa shape index (κ2) is 6.99. The number of ether oxygens (including phenoxy) is 2. The lowest BCUT2D eigenvalue weighted by atomic mass is 10.1. The Labute approximate surface area is 124 Å². The lowest BCUT2D eigenvalue weighted by Crippen LogP contribution is -2.35. The monoisotopic (exact) mass is 295 g/mol. The number of benzene rings is 1. The van der Waals surface area contributed by atoms with Crippen molar-refractivity contribution in [2.45, 2.75) is 32.4 Å². The van der Waals surface area contributed by atoms with Crippen LogP contribution in [0.25, 0.3) is 0 Å². The van der Waals surface area contributed by atoms with Crippen LogP contribution in [-0.2, 0) is 16.0 Å². The van der Waals surface area contributed by atoms with Crippen LogP contribution in [0.1, 0.15) is 18.1 Å². The highest BCUT2D eigenvalue weighted by Crippen LogP contribution is 2.30. The summed E-state index contributed by atoms with van der Waals surface area (Å²) in [5.74, 6) is 2.05. The van der Waals surface area contributed by atoms with Gasteiger partial charge in [-0.25, -0.2) is 0 Å². The third-order valence-corrected chi connectivity index (χ3v) is 4.35. The SMILES string of the molecule is CCOC(=O)C(N)CSCC1Cc2cc(C)ccc2O1. The molecule has 1 aromatic rings. The van der Waals surface area contributed by atoms with E-state index in [9.17, 15) is 4.79 Å². The fourth-order valence-electron chi connectivity index (χ4n) is 2.19. The first kappa shape index (κ1) is 15.2. The quantitative estimate of drug-likeness (QED) is 0.813. The van der Waals surface area contributed by atoms with Crippen molar-refractivity contribution in [1.29, 1.82) is 0 Å². The van der Waals surface area contributed by atoms with Gasteiger partial charge in [0.25, 0.3) is 0 Å². The highest BCUT2D eigenvalue weighted by molar-refractivity contribution is 7.99. The Morgan fingerprint density at radius 1 is 1.60 bits per heavy atom. The van der Waals surface area contributed by atoms with E-state index in [4.69, 9.17) is 15.2 Å². The van der Waals surface area contributed by atoms with Crippen molar-refractivity contribution in [3.63, 3.8) is 0 Å². The van der Waals surface area contributed by atoms with Gasteiger partial charge < -0.3 is 15.2 Å². The van der Waals surface area contributed by atoms with Gasteiger partial charge in [-0.1, -0.05) is 17.7 Å². The third-order valence-electron chi connectivity index (χ3n) is 3.15. The van der Waals surface area contributed by atoms with Crippen molar-refractivity contribution < 1.29 is 14.3 Å². The Morgan fingerprint density at radius 2 is 2.40 bits per heavy atom. The number of hydrogen-bond donors (Lipinski definition) is 1. The lowest BCUT2D eigenvalue weighted by Gasteiger charge is -2.13. The van der Waals surface area contributed by atoms with Crippen molar-refractivity contribution in [3.8, 4) is 5.75 Å². The van der Waals surface area contributed by atoms with Crippen molar-refractivity contribution >= 4 is 17.7 Å². The highest BCUT2D eigenvalue weighted by Gasteiger charge is 2.23. The Bertz CT molecular complexity index is 478. The normalized spacial score (nSPS) is 18.2. The van der Waals surface area contributed by atoms with E-state index in [1.54, 1.807) is 18.7 Å². The number of aryl methyl sites for hydroxylation is 1. The molecule has 2 unspecified atom stereocenters. The van der Waals surface area contributed by atoms with Gasteiger partial charge in [-0.15, -0.1) is 0 Å². The minimum absolute atomic E-state index is 0.172. The van der Waals surface area contributed by atoms with Gasteiger partial charge in [-0.3, -0.25) is 4.79 Å². The molecule has 1 aromatic carbocycles. The fraction of sp³-hybridized carbons (Fsp3) is 0.533. The molecule has 0 fully saturated rings. The van der Waals surface area contributed by atoms with Crippen LogP contribution in [0, 0.1) is 6.92 Å². The molecule has 0 aliphatic carbocycles. The number of rotatable bonds is 6. The van der Waals surface area contributed by atoms with E-state index in [1.807, 2.05) is 6.07 Å². The summed E-state index contributed by atoms with van der Waals surface area (Å²) in [7, 11) is 0. The van der Waals surface area contributed by atoms with Gasteiger partial charge in [0.15, 0.2) is 0 Å². The van der Waals surface area contributed by atoms with Crippen LogP contribution in [-0.4, -0.2) is 36.2 Å². The summed E-state index contributed by atoms with van der Waals surface area (Å²) in [5, 5.41) is 0. The summed E-state index contributed by atoms with van der Waals surface area (Å²) < 4.78 is 10.8. The second-order valence-corrected chi connectivity index (χ2v) is 6.03. The van der Waals surface area contributed by atoms with Crippen LogP contribution in [0.4, 0.5) is 0 Å². The first-order chi connectivity index (χ1) is 9.60. The zero-order valence-electron chi connectivity index (χ0n) is 11.9. The van der Waals surface area contributed by atoms with Crippen LogP contribution < -0.4 is 10.5 Å². The molecule has 0 saturated carbocycles. The van der Waals surface area contributed by atoms with Crippen molar-refractivity contribution in [1.82, 2.24) is 0 Å². The number of carbonyl (C=O) groups excluding carboxylic acids is 1. The zero-order chi connectivity index (χ0) is 14.5. The predicted molar refractivity (Wildman–Crippen MR) is 81.2 cm³/mol. The van der Waals surface area contributed by atoms with E-state index >= 15 is 0 Å². The predicted octanol–water partition coefficient (Wildman–Crippen LogP) is 1.92. The molecule has 0 bridgehead atoms. The molecule has 4 nitrogen and oxygen atoms in total. The smallest absolute Gasteiger partial charge is 0.323 e. The molecule has 0 spiro atoms. The van der Waals surface area contributed by atoms with Crippen molar-refractivity contribution in [2.24, 2.45) is 5.73 Å². The van der Waals surface area contributed by atoms with Crippen LogP contribution in [0.3, 0.4) is 0 Å². The molecule has 0 amide bonds. The molecule has 0 radical (unpaired) electrons. The Morgan fingerprint density at radius 3 is 3.15 bits per heavy atom. The molecular weight excluding hydrogens is 274 g/mol. The number of hydrogen-bond acceptors (Lipinski definition) is 5. The molecule has 1 heterocycles. The van der Waals surface area contributed by atoms with Crippen molar-refractivity contribution in [3.05, 3.63) is 29.3 Å². The van der Waals surface area contributed by atoms with E-state index in [-0.39, 0.29) is 12.1 Å². The van der Waals surface area contributed by atoms with Crippen LogP contribution in [0.2, 0.25) is 0 Å². The van der Waals surface area contributed by atoms with Gasteiger partial charge in [0.2, 0.25) is 0 Å². The highest BCUT2D eigenvalue weighted by atomic mass is 32.2. The van der Waals surface area contributed by atoms with Gasteiger partial charge in [0.1, 0.15) is 17.9 Å². The molecule has 0 aromatic heterocycles. The Balaban J connectivity index is 1.73. The summed E-state index contributed by atoms with van der Waals surface area (Å²) in [6, 6.07) is 5.71. The summed E-state index contributed by atoms with van der Waals surface area (Å²) in [5.41, 5.74) is 8.28. The van der Waals surface area contributed by atoms with Crippen LogP contribution in [0.5, 0.6) is 5.75 Å². The van der Waals surface area contributed by atoms with Gasteiger partial charge >= 0.3 is 5.97 Å². The van der Waals surface area contributed by atoms with E-state index in [2.05, 4.69) is 19.1 Å². The Kier molecular flexibility index (Phi) is 5.31. The summed E-state index contributed by atoms with van der Waals surface area (Å²) in [6.45, 7) is 4.24. The Hall–Kier alpha value is -1.20. The largest absolute Gasteiger partial charge is 0.489 e. The number of fused-ring (bicyclic) bond motifs is 1. The van der Waals surface area contributed by atoms with Gasteiger partial charge in [-0.2, -0.15) is 11.8 Å². The molecule has 2 rings (SSSR count). The van der Waals surface area contributed by atoms with E-state index < -0.39 is 6.04 Å². The average Bonchev–Trinajstić information content (AvgIpc) is 2.80. The first-order valence-electron chi connectivity index (χ1n) is 6.86. The standard InChI is InChI=1S/C15H21NO3S/c1-3-18-15(17)13(16)9-20-8-12-7-11-6-10(2)4-5-14(11)19-12/h4-6,12-13H,3,7-9,16H2,1-2H3. The van der Waals surface area contributed by atoms with Gasteiger partial charge in [0, 0.05) is 17.9 Å². The van der Waals surface area contributed by atoms with Crippen LogP contribution in [0.15, 0.2) is 18.2 Å². The fourth-order valence-corrected chi connectivity index (χ4v) is 3.16. The number of thioether (sulfide) groups is 1. The topological polar surface area (TPSA) is 61.5 Å². The maximum atomic E-state index is 11.4. The van der Waals surface area contributed by atoms with Gasteiger partial charge in [0.05, 0.1) is 6.61 Å². The summed E-state index contributed by atoms with van der Waals surface area (Å²) in [6.07, 6.45) is 1.10. The molecule has 110 valence electrons. The molecule has 5 heteroatoms. The number of nitrogens with two attached hydrogens (primary N) is 1. The second-order valence-electron chi connectivity index (χ2n) is 4.95. The zero-order valence-corrected chi connectivity index (χ0v) is 12.7. The average molecular weight is 295 g/mol. The van der Waals surface area contributed by atoms with Gasteiger partial charge in [-0.05, 0) is 25.5 Å². The van der Waals surface area contributed by atoms with Crippen LogP contribution >= 0.6 is 11.8 Å².